The largest absolute Gasteiger partial charge is 0.325 e. The Morgan fingerprint density at radius 3 is 2.95 bits per heavy atom. The van der Waals surface area contributed by atoms with Gasteiger partial charge in [0, 0.05) is 31.3 Å². The summed E-state index contributed by atoms with van der Waals surface area (Å²) in [7, 11) is 1.82. The number of hydrogen-bond donors (Lipinski definition) is 2. The van der Waals surface area contributed by atoms with Crippen LogP contribution >= 0.6 is 15.9 Å². The average Bonchev–Trinajstić information content (AvgIpc) is 2.83. The lowest BCUT2D eigenvalue weighted by Crippen LogP contribution is -2.30. The maximum atomic E-state index is 11.7. The number of halogens is 1. The summed E-state index contributed by atoms with van der Waals surface area (Å²) < 4.78 is 0.903. The number of amides is 1. The molecule has 1 amide bonds. The zero-order chi connectivity index (χ0) is 14.3. The Bertz CT molecular complexity index is 680. The topological polar surface area (TPSA) is 75.0 Å². The minimum Gasteiger partial charge on any atom is -0.325 e. The lowest BCUT2D eigenvalue weighted by atomic mass is 9.98. The molecule has 0 bridgehead atoms. The Balaban J connectivity index is 2.04. The maximum absolute atomic E-state index is 11.7. The van der Waals surface area contributed by atoms with E-state index in [0.717, 1.165) is 33.5 Å². The van der Waals surface area contributed by atoms with Gasteiger partial charge >= 0.3 is 0 Å². The van der Waals surface area contributed by atoms with E-state index in [4.69, 9.17) is 5.73 Å². The fourth-order valence-corrected chi connectivity index (χ4v) is 3.06. The number of hydrogen-bond acceptors (Lipinski definition) is 3. The fraction of sp³-hybridized carbons (Fsp3) is 0.286. The van der Waals surface area contributed by atoms with Gasteiger partial charge < -0.3 is 10.6 Å². The summed E-state index contributed by atoms with van der Waals surface area (Å²) >= 11 is 3.53. The number of aromatic amines is 1. The number of anilines is 1. The summed E-state index contributed by atoms with van der Waals surface area (Å²) in [5.41, 5.74) is 10.6. The highest BCUT2D eigenvalue weighted by molar-refractivity contribution is 9.10. The molecule has 6 heteroatoms. The van der Waals surface area contributed by atoms with Crippen molar-refractivity contribution in [3.63, 3.8) is 0 Å². The number of rotatable bonds is 2. The monoisotopic (exact) mass is 334 g/mol. The van der Waals surface area contributed by atoms with Crippen molar-refractivity contribution < 1.29 is 4.79 Å². The Morgan fingerprint density at radius 1 is 1.45 bits per heavy atom. The summed E-state index contributed by atoms with van der Waals surface area (Å²) in [6.07, 6.45) is 1.33. The van der Waals surface area contributed by atoms with Gasteiger partial charge in [-0.15, -0.1) is 0 Å². The van der Waals surface area contributed by atoms with Crippen molar-refractivity contribution >= 4 is 27.5 Å². The first kappa shape index (κ1) is 13.3. The molecule has 0 saturated carbocycles. The van der Waals surface area contributed by atoms with E-state index in [1.165, 1.54) is 5.56 Å². The predicted octanol–water partition coefficient (Wildman–Crippen LogP) is 2.21. The van der Waals surface area contributed by atoms with Crippen LogP contribution in [0.25, 0.3) is 11.3 Å². The van der Waals surface area contributed by atoms with Crippen molar-refractivity contribution in [2.75, 3.05) is 11.9 Å². The number of nitrogens with zero attached hydrogens (tertiary/aromatic N) is 2. The van der Waals surface area contributed by atoms with Crippen LogP contribution in [0, 0.1) is 0 Å². The average molecular weight is 335 g/mol. The third-order valence-corrected chi connectivity index (χ3v) is 4.53. The lowest BCUT2D eigenvalue weighted by Gasteiger charge is -2.26. The number of nitrogens with two attached hydrogens (primary N) is 1. The molecule has 1 aromatic carbocycles. The molecule has 5 nitrogen and oxygen atoms in total. The van der Waals surface area contributed by atoms with Crippen LogP contribution < -0.4 is 10.6 Å². The number of benzene rings is 1. The zero-order valence-electron chi connectivity index (χ0n) is 11.1. The van der Waals surface area contributed by atoms with E-state index in [1.807, 2.05) is 19.2 Å². The van der Waals surface area contributed by atoms with E-state index in [0.29, 0.717) is 13.0 Å². The fourth-order valence-electron chi connectivity index (χ4n) is 2.49. The van der Waals surface area contributed by atoms with Crippen LogP contribution in [0.2, 0.25) is 0 Å². The van der Waals surface area contributed by atoms with Gasteiger partial charge in [-0.2, -0.15) is 5.10 Å². The van der Waals surface area contributed by atoms with Crippen molar-refractivity contribution in [1.29, 1.82) is 0 Å². The zero-order valence-corrected chi connectivity index (χ0v) is 12.7. The molecule has 0 atom stereocenters. The van der Waals surface area contributed by atoms with Crippen LogP contribution in [0.1, 0.15) is 17.7 Å². The SMILES string of the molecule is CN1C(=O)CCc2cc(-c3n[nH]c(CN)c3Br)ccc21. The second-order valence-corrected chi connectivity index (χ2v) is 5.66. The number of carbonyl (C=O) groups excluding carboxylic acids is 1. The van der Waals surface area contributed by atoms with Crippen LogP contribution in [0.15, 0.2) is 22.7 Å². The summed E-state index contributed by atoms with van der Waals surface area (Å²) in [4.78, 5) is 13.4. The highest BCUT2D eigenvalue weighted by atomic mass is 79.9. The molecule has 0 fully saturated rings. The predicted molar refractivity (Wildman–Crippen MR) is 81.3 cm³/mol. The summed E-state index contributed by atoms with van der Waals surface area (Å²) in [6, 6.07) is 6.06. The molecule has 3 N–H and O–H groups in total. The van der Waals surface area contributed by atoms with Gasteiger partial charge in [-0.05, 0) is 40.0 Å². The van der Waals surface area contributed by atoms with Gasteiger partial charge in [-0.1, -0.05) is 6.07 Å². The van der Waals surface area contributed by atoms with Gasteiger partial charge in [-0.3, -0.25) is 9.89 Å². The summed E-state index contributed by atoms with van der Waals surface area (Å²) in [5.74, 6) is 0.164. The van der Waals surface area contributed by atoms with Crippen molar-refractivity contribution in [2.24, 2.45) is 5.73 Å². The molecule has 2 heterocycles. The Labute approximate surface area is 125 Å². The van der Waals surface area contributed by atoms with Gasteiger partial charge in [0.25, 0.3) is 0 Å². The molecular weight excluding hydrogens is 320 g/mol. The summed E-state index contributed by atoms with van der Waals surface area (Å²) in [6.45, 7) is 0.412. The summed E-state index contributed by atoms with van der Waals surface area (Å²) in [5, 5.41) is 7.24. The minimum atomic E-state index is 0.164. The molecule has 104 valence electrons. The molecular formula is C14H15BrN4O. The number of fused-ring (bicyclic) bond motifs is 1. The lowest BCUT2D eigenvalue weighted by molar-refractivity contribution is -0.118. The Hall–Kier alpha value is -1.66. The number of aromatic nitrogens is 2. The van der Waals surface area contributed by atoms with Crippen LogP contribution in [-0.2, 0) is 17.8 Å². The molecule has 0 radical (unpaired) electrons. The molecule has 1 aliphatic rings. The number of H-pyrrole nitrogens is 1. The molecule has 0 spiro atoms. The highest BCUT2D eigenvalue weighted by Gasteiger charge is 2.22. The van der Waals surface area contributed by atoms with Crippen molar-refractivity contribution in [3.8, 4) is 11.3 Å². The quantitative estimate of drug-likeness (QED) is 0.884. The van der Waals surface area contributed by atoms with Crippen LogP contribution in [0.3, 0.4) is 0 Å². The third kappa shape index (κ3) is 2.05. The molecule has 1 aromatic heterocycles. The smallest absolute Gasteiger partial charge is 0.227 e. The molecule has 0 saturated heterocycles. The van der Waals surface area contributed by atoms with Crippen molar-refractivity contribution in [1.82, 2.24) is 10.2 Å². The molecule has 0 unspecified atom stereocenters. The van der Waals surface area contributed by atoms with Crippen LogP contribution in [0.5, 0.6) is 0 Å². The Morgan fingerprint density at radius 2 is 2.25 bits per heavy atom. The molecule has 0 aliphatic carbocycles. The van der Waals surface area contributed by atoms with Gasteiger partial charge in [0.1, 0.15) is 5.69 Å². The third-order valence-electron chi connectivity index (χ3n) is 3.68. The van der Waals surface area contributed by atoms with E-state index in [-0.39, 0.29) is 5.91 Å². The van der Waals surface area contributed by atoms with E-state index < -0.39 is 0 Å². The minimum absolute atomic E-state index is 0.164. The molecule has 1 aliphatic heterocycles. The van der Waals surface area contributed by atoms with Crippen molar-refractivity contribution in [3.05, 3.63) is 33.9 Å². The first-order valence-corrected chi connectivity index (χ1v) is 7.23. The first-order chi connectivity index (χ1) is 9.61. The molecule has 2 aromatic rings. The Kier molecular flexibility index (Phi) is 3.35. The second kappa shape index (κ2) is 5.03. The van der Waals surface area contributed by atoms with Gasteiger partial charge in [0.15, 0.2) is 0 Å². The van der Waals surface area contributed by atoms with Crippen molar-refractivity contribution in [2.45, 2.75) is 19.4 Å². The van der Waals surface area contributed by atoms with E-state index in [9.17, 15) is 4.79 Å². The maximum Gasteiger partial charge on any atom is 0.227 e. The second-order valence-electron chi connectivity index (χ2n) is 4.87. The van der Waals surface area contributed by atoms with E-state index in [1.54, 1.807) is 4.90 Å². The highest BCUT2D eigenvalue weighted by Crippen LogP contribution is 2.34. The van der Waals surface area contributed by atoms with Gasteiger partial charge in [-0.25, -0.2) is 0 Å². The van der Waals surface area contributed by atoms with E-state index in [2.05, 4.69) is 32.2 Å². The number of nitrogens with one attached hydrogen (secondary N) is 1. The van der Waals surface area contributed by atoms with Gasteiger partial charge in [0.2, 0.25) is 5.91 Å². The molecule has 3 rings (SSSR count). The molecule has 20 heavy (non-hydrogen) atoms. The normalized spacial score (nSPS) is 14.6. The number of aryl methyl sites for hydroxylation is 1. The van der Waals surface area contributed by atoms with E-state index >= 15 is 0 Å². The van der Waals surface area contributed by atoms with Gasteiger partial charge in [0.05, 0.1) is 10.2 Å². The standard InChI is InChI=1S/C14H15BrN4O/c1-19-11-4-2-9(6-8(11)3-5-12(19)20)14-13(15)10(7-16)17-18-14/h2,4,6H,3,5,7,16H2,1H3,(H,17,18). The number of carbonyl (C=O) groups is 1. The first-order valence-electron chi connectivity index (χ1n) is 6.44. The van der Waals surface area contributed by atoms with Crippen LogP contribution in [0.4, 0.5) is 5.69 Å². The van der Waals surface area contributed by atoms with Crippen LogP contribution in [-0.4, -0.2) is 23.2 Å².